The normalized spacial score (nSPS) is 28.6. The summed E-state index contributed by atoms with van der Waals surface area (Å²) < 4.78 is 0.930. The topological polar surface area (TPSA) is 71.2 Å². The smallest absolute Gasteiger partial charge is 0.130 e. The maximum Gasteiger partial charge on any atom is 0.130 e. The number of hydrogen-bond acceptors (Lipinski definition) is 4. The van der Waals surface area contributed by atoms with Crippen LogP contribution >= 0.6 is 15.9 Å². The number of pyridine rings is 1. The molecule has 5 heteroatoms. The standard InChI is InChI=1S/C11H16BrN3O/c1-11(16)3-9(4-11)15-10-7(5-13)2-8(12)6-14-10/h2,6,9,16H,3-5,13H2,1H3,(H,14,15). The van der Waals surface area contributed by atoms with E-state index >= 15 is 0 Å². The summed E-state index contributed by atoms with van der Waals surface area (Å²) in [6, 6.07) is 2.26. The fourth-order valence-electron chi connectivity index (χ4n) is 2.06. The summed E-state index contributed by atoms with van der Waals surface area (Å²) in [7, 11) is 0. The molecular formula is C11H16BrN3O. The zero-order valence-electron chi connectivity index (χ0n) is 9.20. The molecule has 0 aromatic carbocycles. The fourth-order valence-corrected chi connectivity index (χ4v) is 2.44. The molecule has 0 amide bonds. The Morgan fingerprint density at radius 1 is 1.69 bits per heavy atom. The van der Waals surface area contributed by atoms with Gasteiger partial charge in [0.25, 0.3) is 0 Å². The van der Waals surface area contributed by atoms with Crippen LogP contribution in [-0.2, 0) is 6.54 Å². The minimum absolute atomic E-state index is 0.300. The van der Waals surface area contributed by atoms with E-state index in [1.54, 1.807) is 6.20 Å². The second kappa shape index (κ2) is 4.31. The lowest BCUT2D eigenvalue weighted by Gasteiger charge is -2.41. The van der Waals surface area contributed by atoms with Gasteiger partial charge in [0.1, 0.15) is 5.82 Å². The van der Waals surface area contributed by atoms with E-state index < -0.39 is 5.60 Å². The first kappa shape index (κ1) is 11.8. The van der Waals surface area contributed by atoms with Gasteiger partial charge in [-0.05, 0) is 41.8 Å². The third-order valence-corrected chi connectivity index (χ3v) is 3.30. The number of rotatable bonds is 3. The Labute approximate surface area is 103 Å². The molecule has 1 saturated carbocycles. The molecule has 0 atom stereocenters. The summed E-state index contributed by atoms with van der Waals surface area (Å²) in [5.74, 6) is 0.825. The summed E-state index contributed by atoms with van der Waals surface area (Å²) in [6.45, 7) is 2.31. The van der Waals surface area contributed by atoms with E-state index in [2.05, 4.69) is 26.2 Å². The van der Waals surface area contributed by atoms with Crippen molar-refractivity contribution in [2.45, 2.75) is 38.0 Å². The summed E-state index contributed by atoms with van der Waals surface area (Å²) in [5.41, 5.74) is 6.13. The molecular weight excluding hydrogens is 270 g/mol. The molecule has 1 aliphatic carbocycles. The first-order valence-electron chi connectivity index (χ1n) is 5.33. The van der Waals surface area contributed by atoms with Crippen LogP contribution < -0.4 is 11.1 Å². The molecule has 4 N–H and O–H groups in total. The Morgan fingerprint density at radius 3 is 2.94 bits per heavy atom. The average molecular weight is 286 g/mol. The first-order valence-corrected chi connectivity index (χ1v) is 6.13. The van der Waals surface area contributed by atoms with Gasteiger partial charge in [0.05, 0.1) is 5.60 Å². The highest BCUT2D eigenvalue weighted by Crippen LogP contribution is 2.34. The van der Waals surface area contributed by atoms with Crippen LogP contribution in [0.4, 0.5) is 5.82 Å². The third kappa shape index (κ3) is 2.53. The Hall–Kier alpha value is -0.650. The number of aliphatic hydroxyl groups is 1. The van der Waals surface area contributed by atoms with Gasteiger partial charge in [-0.3, -0.25) is 0 Å². The van der Waals surface area contributed by atoms with Gasteiger partial charge in [0, 0.05) is 28.8 Å². The van der Waals surface area contributed by atoms with Crippen LogP contribution in [0.2, 0.25) is 0 Å². The van der Waals surface area contributed by atoms with Crippen molar-refractivity contribution in [1.29, 1.82) is 0 Å². The second-order valence-electron chi connectivity index (χ2n) is 4.61. The van der Waals surface area contributed by atoms with Crippen molar-refractivity contribution in [2.24, 2.45) is 5.73 Å². The predicted octanol–water partition coefficient (Wildman–Crippen LogP) is 1.63. The van der Waals surface area contributed by atoms with Crippen LogP contribution in [0.3, 0.4) is 0 Å². The van der Waals surface area contributed by atoms with Gasteiger partial charge in [-0.1, -0.05) is 0 Å². The molecule has 88 valence electrons. The third-order valence-electron chi connectivity index (χ3n) is 2.87. The molecule has 1 aromatic heterocycles. The number of nitrogens with two attached hydrogens (primary N) is 1. The zero-order valence-corrected chi connectivity index (χ0v) is 10.8. The molecule has 0 bridgehead atoms. The van der Waals surface area contributed by atoms with Gasteiger partial charge in [-0.2, -0.15) is 0 Å². The average Bonchev–Trinajstić information content (AvgIpc) is 2.18. The summed E-state index contributed by atoms with van der Waals surface area (Å²) in [4.78, 5) is 4.30. The SMILES string of the molecule is CC1(O)CC(Nc2ncc(Br)cc2CN)C1. The van der Waals surface area contributed by atoms with E-state index in [1.807, 2.05) is 13.0 Å². The van der Waals surface area contributed by atoms with Crippen molar-refractivity contribution in [1.82, 2.24) is 4.98 Å². The quantitative estimate of drug-likeness (QED) is 0.789. The molecule has 0 radical (unpaired) electrons. The summed E-state index contributed by atoms with van der Waals surface area (Å²) in [5, 5.41) is 12.9. The van der Waals surface area contributed by atoms with Gasteiger partial charge in [-0.25, -0.2) is 4.98 Å². The van der Waals surface area contributed by atoms with Crippen molar-refractivity contribution in [3.63, 3.8) is 0 Å². The maximum atomic E-state index is 9.64. The predicted molar refractivity (Wildman–Crippen MR) is 67.1 cm³/mol. The molecule has 1 aromatic rings. The van der Waals surface area contributed by atoms with Crippen LogP contribution in [0, 0.1) is 0 Å². The molecule has 0 unspecified atom stereocenters. The Bertz CT molecular complexity index is 387. The highest BCUT2D eigenvalue weighted by atomic mass is 79.9. The first-order chi connectivity index (χ1) is 7.50. The Morgan fingerprint density at radius 2 is 2.38 bits per heavy atom. The van der Waals surface area contributed by atoms with Crippen LogP contribution in [0.15, 0.2) is 16.7 Å². The zero-order chi connectivity index (χ0) is 11.8. The number of nitrogens with one attached hydrogen (secondary N) is 1. The number of anilines is 1. The van der Waals surface area contributed by atoms with Gasteiger partial charge in [0.2, 0.25) is 0 Å². The number of nitrogens with zero attached hydrogens (tertiary/aromatic N) is 1. The minimum Gasteiger partial charge on any atom is -0.390 e. The maximum absolute atomic E-state index is 9.64. The van der Waals surface area contributed by atoms with Crippen molar-refractivity contribution in [3.8, 4) is 0 Å². The van der Waals surface area contributed by atoms with E-state index in [0.29, 0.717) is 12.6 Å². The van der Waals surface area contributed by atoms with Crippen LogP contribution in [-0.4, -0.2) is 21.7 Å². The van der Waals surface area contributed by atoms with Crippen LogP contribution in [0.1, 0.15) is 25.3 Å². The minimum atomic E-state index is -0.518. The van der Waals surface area contributed by atoms with Crippen molar-refractivity contribution >= 4 is 21.7 Å². The van der Waals surface area contributed by atoms with Gasteiger partial charge in [0.15, 0.2) is 0 Å². The molecule has 1 aliphatic rings. The van der Waals surface area contributed by atoms with E-state index in [0.717, 1.165) is 28.7 Å². The Kier molecular flexibility index (Phi) is 3.19. The Balaban J connectivity index is 2.05. The second-order valence-corrected chi connectivity index (χ2v) is 5.53. The van der Waals surface area contributed by atoms with Crippen molar-refractivity contribution in [3.05, 3.63) is 22.3 Å². The lowest BCUT2D eigenvalue weighted by atomic mass is 9.77. The molecule has 0 aliphatic heterocycles. The van der Waals surface area contributed by atoms with E-state index in [4.69, 9.17) is 5.73 Å². The molecule has 0 spiro atoms. The van der Waals surface area contributed by atoms with Crippen LogP contribution in [0.5, 0.6) is 0 Å². The summed E-state index contributed by atoms with van der Waals surface area (Å²) >= 11 is 3.37. The molecule has 1 heterocycles. The molecule has 1 fully saturated rings. The number of halogens is 1. The van der Waals surface area contributed by atoms with E-state index in [-0.39, 0.29) is 0 Å². The van der Waals surface area contributed by atoms with E-state index in [9.17, 15) is 5.11 Å². The van der Waals surface area contributed by atoms with Gasteiger partial charge >= 0.3 is 0 Å². The highest BCUT2D eigenvalue weighted by Gasteiger charge is 2.38. The number of aromatic nitrogens is 1. The lowest BCUT2D eigenvalue weighted by molar-refractivity contribution is -0.0235. The highest BCUT2D eigenvalue weighted by molar-refractivity contribution is 9.10. The molecule has 2 rings (SSSR count). The molecule has 4 nitrogen and oxygen atoms in total. The van der Waals surface area contributed by atoms with E-state index in [1.165, 1.54) is 0 Å². The van der Waals surface area contributed by atoms with Gasteiger partial charge < -0.3 is 16.2 Å². The molecule has 0 saturated heterocycles. The van der Waals surface area contributed by atoms with Crippen LogP contribution in [0.25, 0.3) is 0 Å². The van der Waals surface area contributed by atoms with Crippen molar-refractivity contribution in [2.75, 3.05) is 5.32 Å². The fraction of sp³-hybridized carbons (Fsp3) is 0.545. The monoisotopic (exact) mass is 285 g/mol. The molecule has 16 heavy (non-hydrogen) atoms. The largest absolute Gasteiger partial charge is 0.390 e. The van der Waals surface area contributed by atoms with Crippen molar-refractivity contribution < 1.29 is 5.11 Å². The summed E-state index contributed by atoms with van der Waals surface area (Å²) in [6.07, 6.45) is 3.27. The lowest BCUT2D eigenvalue weighted by Crippen LogP contribution is -2.48. The number of hydrogen-bond donors (Lipinski definition) is 3. The van der Waals surface area contributed by atoms with Gasteiger partial charge in [-0.15, -0.1) is 0 Å².